The highest BCUT2D eigenvalue weighted by molar-refractivity contribution is 5.54. The summed E-state index contributed by atoms with van der Waals surface area (Å²) in [5.41, 5.74) is 1.12. The molecule has 1 N–H and O–H groups in total. The van der Waals surface area contributed by atoms with Crippen molar-refractivity contribution >= 4 is 0 Å². The molecule has 94 valence electrons. The minimum Gasteiger partial charge on any atom is -0.311 e. The summed E-state index contributed by atoms with van der Waals surface area (Å²) in [5.74, 6) is -0.944. The lowest BCUT2D eigenvalue weighted by Gasteiger charge is -2.04. The van der Waals surface area contributed by atoms with Crippen molar-refractivity contribution < 1.29 is 8.78 Å². The lowest BCUT2D eigenvalue weighted by atomic mass is 10.2. The van der Waals surface area contributed by atoms with Gasteiger partial charge in [0.2, 0.25) is 0 Å². The second-order valence-corrected chi connectivity index (χ2v) is 3.81. The van der Waals surface area contributed by atoms with E-state index in [-0.39, 0.29) is 0 Å². The monoisotopic (exact) mass is 249 g/mol. The fourth-order valence-electron chi connectivity index (χ4n) is 1.57. The predicted octanol–water partition coefficient (Wildman–Crippen LogP) is 2.53. The van der Waals surface area contributed by atoms with Gasteiger partial charge in [0.05, 0.1) is 5.69 Å². The average Bonchev–Trinajstić information content (AvgIpc) is 2.35. The van der Waals surface area contributed by atoms with Crippen LogP contribution in [0, 0.1) is 11.6 Å². The van der Waals surface area contributed by atoms with Gasteiger partial charge in [-0.15, -0.1) is 0 Å². The van der Waals surface area contributed by atoms with Crippen molar-refractivity contribution in [3.8, 4) is 11.4 Å². The predicted molar refractivity (Wildman–Crippen MR) is 64.8 cm³/mol. The van der Waals surface area contributed by atoms with Crippen LogP contribution in [0.15, 0.2) is 30.5 Å². The van der Waals surface area contributed by atoms with Gasteiger partial charge in [-0.3, -0.25) is 0 Å². The smallest absolute Gasteiger partial charge is 0.159 e. The van der Waals surface area contributed by atoms with Crippen LogP contribution >= 0.6 is 0 Å². The van der Waals surface area contributed by atoms with Crippen molar-refractivity contribution in [3.63, 3.8) is 0 Å². The quantitative estimate of drug-likeness (QED) is 0.904. The minimum atomic E-state index is -0.634. The zero-order chi connectivity index (χ0) is 13.0. The van der Waals surface area contributed by atoms with Crippen molar-refractivity contribution in [1.82, 2.24) is 15.3 Å². The molecule has 1 heterocycles. The molecule has 18 heavy (non-hydrogen) atoms. The Bertz CT molecular complexity index is 523. The zero-order valence-electron chi connectivity index (χ0n) is 9.95. The molecule has 0 spiro atoms. The summed E-state index contributed by atoms with van der Waals surface area (Å²) in [6.45, 7) is 3.42. The lowest BCUT2D eigenvalue weighted by molar-refractivity contribution is 0.584. The third-order valence-electron chi connectivity index (χ3n) is 2.39. The number of hydrogen-bond donors (Lipinski definition) is 1. The first-order chi connectivity index (χ1) is 8.69. The molecule has 1 aromatic heterocycles. The van der Waals surface area contributed by atoms with Crippen molar-refractivity contribution in [2.24, 2.45) is 0 Å². The molecule has 3 nitrogen and oxygen atoms in total. The van der Waals surface area contributed by atoms with E-state index in [0.717, 1.165) is 18.3 Å². The van der Waals surface area contributed by atoms with Crippen LogP contribution < -0.4 is 5.32 Å². The highest BCUT2D eigenvalue weighted by Gasteiger charge is 2.06. The maximum atomic E-state index is 13.1. The summed E-state index contributed by atoms with van der Waals surface area (Å²) in [6, 6.07) is 5.03. The molecule has 0 saturated heterocycles. The molecule has 2 rings (SSSR count). The molecule has 2 aromatic rings. The van der Waals surface area contributed by atoms with E-state index in [4.69, 9.17) is 0 Å². The van der Waals surface area contributed by atoms with Crippen molar-refractivity contribution in [2.45, 2.75) is 13.5 Å². The molecule has 5 heteroatoms. The van der Waals surface area contributed by atoms with Crippen molar-refractivity contribution in [2.75, 3.05) is 6.54 Å². The van der Waals surface area contributed by atoms with E-state index in [1.807, 2.05) is 6.92 Å². The lowest BCUT2D eigenvalue weighted by Crippen LogP contribution is -2.13. The molecule has 0 fully saturated rings. The molecule has 0 aliphatic carbocycles. The van der Waals surface area contributed by atoms with E-state index in [2.05, 4.69) is 15.3 Å². The first-order valence-corrected chi connectivity index (χ1v) is 5.68. The topological polar surface area (TPSA) is 37.8 Å². The SMILES string of the molecule is CCNCc1ccnc(-c2cc(F)cc(F)c2)n1. The Morgan fingerprint density at radius 3 is 2.56 bits per heavy atom. The third-order valence-corrected chi connectivity index (χ3v) is 2.39. The highest BCUT2D eigenvalue weighted by atomic mass is 19.1. The average molecular weight is 249 g/mol. The Labute approximate surface area is 104 Å². The normalized spacial score (nSPS) is 10.6. The number of nitrogens with one attached hydrogen (secondary N) is 1. The zero-order valence-corrected chi connectivity index (χ0v) is 9.95. The first-order valence-electron chi connectivity index (χ1n) is 5.68. The molecule has 1 aromatic carbocycles. The summed E-state index contributed by atoms with van der Waals surface area (Å²) in [6.07, 6.45) is 1.58. The van der Waals surface area contributed by atoms with E-state index in [0.29, 0.717) is 17.9 Å². The minimum absolute atomic E-state index is 0.323. The van der Waals surface area contributed by atoms with E-state index >= 15 is 0 Å². The maximum Gasteiger partial charge on any atom is 0.159 e. The van der Waals surface area contributed by atoms with Crippen LogP contribution in [0.1, 0.15) is 12.6 Å². The Balaban J connectivity index is 2.32. The largest absolute Gasteiger partial charge is 0.311 e. The van der Waals surface area contributed by atoms with Crippen molar-refractivity contribution in [1.29, 1.82) is 0 Å². The summed E-state index contributed by atoms with van der Waals surface area (Å²) < 4.78 is 26.2. The van der Waals surface area contributed by atoms with Crippen LogP contribution in [-0.2, 0) is 6.54 Å². The molecule has 0 bridgehead atoms. The molecule has 0 atom stereocenters. The van der Waals surface area contributed by atoms with Crippen molar-refractivity contribution in [3.05, 3.63) is 47.8 Å². The molecule has 0 amide bonds. The van der Waals surface area contributed by atoms with Crippen LogP contribution in [0.3, 0.4) is 0 Å². The van der Waals surface area contributed by atoms with Gasteiger partial charge >= 0.3 is 0 Å². The number of benzene rings is 1. The van der Waals surface area contributed by atoms with Gasteiger partial charge in [-0.2, -0.15) is 0 Å². The van der Waals surface area contributed by atoms with Crippen LogP contribution in [-0.4, -0.2) is 16.5 Å². The second-order valence-electron chi connectivity index (χ2n) is 3.81. The molecule has 0 radical (unpaired) electrons. The van der Waals surface area contributed by atoms with Crippen LogP contribution in [0.2, 0.25) is 0 Å². The molecular weight excluding hydrogens is 236 g/mol. The first kappa shape index (κ1) is 12.6. The maximum absolute atomic E-state index is 13.1. The van der Waals surface area contributed by atoms with Gasteiger partial charge < -0.3 is 5.32 Å². The molecule has 0 aliphatic rings. The van der Waals surface area contributed by atoms with E-state index in [1.165, 1.54) is 12.1 Å². The summed E-state index contributed by atoms with van der Waals surface area (Å²) in [7, 11) is 0. The third kappa shape index (κ3) is 3.07. The van der Waals surface area contributed by atoms with Gasteiger partial charge in [0, 0.05) is 24.4 Å². The summed E-state index contributed by atoms with van der Waals surface area (Å²) in [5, 5.41) is 3.13. The number of nitrogens with zero attached hydrogens (tertiary/aromatic N) is 2. The van der Waals surface area contributed by atoms with Gasteiger partial charge in [-0.1, -0.05) is 6.92 Å². The fraction of sp³-hybridized carbons (Fsp3) is 0.231. The van der Waals surface area contributed by atoms with Crippen LogP contribution in [0.25, 0.3) is 11.4 Å². The van der Waals surface area contributed by atoms with Gasteiger partial charge in [-0.25, -0.2) is 18.7 Å². The van der Waals surface area contributed by atoms with Gasteiger partial charge in [0.15, 0.2) is 5.82 Å². The number of halogens is 2. The highest BCUT2D eigenvalue weighted by Crippen LogP contribution is 2.17. The van der Waals surface area contributed by atoms with Crippen LogP contribution in [0.5, 0.6) is 0 Å². The van der Waals surface area contributed by atoms with Gasteiger partial charge in [0.25, 0.3) is 0 Å². The van der Waals surface area contributed by atoms with Gasteiger partial charge in [-0.05, 0) is 24.7 Å². The Kier molecular flexibility index (Phi) is 3.94. The summed E-state index contributed by atoms with van der Waals surface area (Å²) >= 11 is 0. The van der Waals surface area contributed by atoms with E-state index in [9.17, 15) is 8.78 Å². The molecule has 0 saturated carbocycles. The molecule has 0 unspecified atom stereocenters. The standard InChI is InChI=1S/C13H13F2N3/c1-2-16-8-12-3-4-17-13(18-12)9-5-10(14)7-11(15)6-9/h3-7,16H,2,8H2,1H3. The second kappa shape index (κ2) is 5.64. The van der Waals surface area contributed by atoms with Gasteiger partial charge in [0.1, 0.15) is 11.6 Å². The molecular formula is C13H13F2N3. The number of hydrogen-bond acceptors (Lipinski definition) is 3. The molecule has 0 aliphatic heterocycles. The summed E-state index contributed by atoms with van der Waals surface area (Å²) in [4.78, 5) is 8.28. The number of aromatic nitrogens is 2. The van der Waals surface area contributed by atoms with E-state index < -0.39 is 11.6 Å². The Morgan fingerprint density at radius 1 is 1.17 bits per heavy atom. The van der Waals surface area contributed by atoms with Crippen LogP contribution in [0.4, 0.5) is 8.78 Å². The fourth-order valence-corrected chi connectivity index (χ4v) is 1.57. The Hall–Kier alpha value is -1.88. The number of rotatable bonds is 4. The Morgan fingerprint density at radius 2 is 1.89 bits per heavy atom. The van der Waals surface area contributed by atoms with E-state index in [1.54, 1.807) is 12.3 Å².